The Bertz CT molecular complexity index is 3140. The molecule has 1 nitrogen and oxygen atoms in total. The topological polar surface area (TPSA) is 3.24 Å². The smallest absolute Gasteiger partial charge is 0.182 e. The van der Waals surface area contributed by atoms with Crippen molar-refractivity contribution in [1.82, 2.24) is 0 Å². The molecule has 2 spiro atoms. The number of fused-ring (bicyclic) bond motifs is 21. The molecule has 0 bridgehead atoms. The summed E-state index contributed by atoms with van der Waals surface area (Å²) in [4.78, 5) is 2.58. The standard InChI is InChI=1S/C55H37NSi/c1-34-23-27-41-42-28-24-35(2)32-52(42)57(51(41)31-34)50-22-12-6-16-40(50)43-30-26-37(33-53(43)57)56-48-20-10-8-18-46(48)55(47-19-9-11-21-49(47)56)45-17-7-5-15-39(45)44-29-25-36-13-3-4-14-38(36)54(44)55/h3-33H,1-2H3. The molecule has 9 aromatic rings. The van der Waals surface area contributed by atoms with E-state index in [1.807, 2.05) is 0 Å². The maximum absolute atomic E-state index is 2.68. The molecule has 9 aromatic carbocycles. The van der Waals surface area contributed by atoms with E-state index in [0.29, 0.717) is 0 Å². The Labute approximate surface area is 334 Å². The molecule has 13 rings (SSSR count). The molecular weight excluding hydrogens is 703 g/mol. The summed E-state index contributed by atoms with van der Waals surface area (Å²) in [6.45, 7) is 4.52. The molecule has 3 aliphatic heterocycles. The minimum absolute atomic E-state index is 0.488. The lowest BCUT2D eigenvalue weighted by Gasteiger charge is -2.45. The Morgan fingerprint density at radius 1 is 0.386 bits per heavy atom. The maximum atomic E-state index is 2.60. The predicted molar refractivity (Wildman–Crippen MR) is 241 cm³/mol. The van der Waals surface area contributed by atoms with Gasteiger partial charge in [-0.05, 0) is 125 Å². The van der Waals surface area contributed by atoms with Crippen LogP contribution in [0.25, 0.3) is 44.2 Å². The van der Waals surface area contributed by atoms with E-state index in [2.05, 4.69) is 207 Å². The molecule has 0 atom stereocenters. The fourth-order valence-corrected chi connectivity index (χ4v) is 17.5. The Hall–Kier alpha value is -6.74. The van der Waals surface area contributed by atoms with Crippen molar-refractivity contribution in [2.45, 2.75) is 19.3 Å². The number of rotatable bonds is 1. The van der Waals surface area contributed by atoms with Gasteiger partial charge in [-0.25, -0.2) is 0 Å². The van der Waals surface area contributed by atoms with Gasteiger partial charge in [0.25, 0.3) is 0 Å². The SMILES string of the molecule is Cc1ccc2c(c1)[Si]1(c3ccccc3-c3ccc(N4c5ccccc5C5(c6ccccc6-c6ccc7ccccc7c65)c5ccccc54)cc31)c1cc(C)ccc1-2. The molecule has 0 unspecified atom stereocenters. The van der Waals surface area contributed by atoms with Crippen molar-refractivity contribution in [3.8, 4) is 33.4 Å². The number of benzene rings is 9. The molecule has 0 saturated heterocycles. The van der Waals surface area contributed by atoms with Gasteiger partial charge in [0.2, 0.25) is 0 Å². The van der Waals surface area contributed by atoms with Crippen molar-refractivity contribution in [2.75, 3.05) is 4.90 Å². The lowest BCUT2D eigenvalue weighted by atomic mass is 9.64. The number of aryl methyl sites for hydroxylation is 2. The molecule has 0 saturated carbocycles. The van der Waals surface area contributed by atoms with Crippen molar-refractivity contribution in [3.05, 3.63) is 221 Å². The van der Waals surface area contributed by atoms with Gasteiger partial charge >= 0.3 is 0 Å². The van der Waals surface area contributed by atoms with E-state index in [-0.39, 0.29) is 0 Å². The fourth-order valence-electron chi connectivity index (χ4n) is 11.7. The lowest BCUT2D eigenvalue weighted by Crippen LogP contribution is -2.70. The van der Waals surface area contributed by atoms with Crippen molar-refractivity contribution in [1.29, 1.82) is 0 Å². The minimum Gasteiger partial charge on any atom is -0.310 e. The van der Waals surface area contributed by atoms with E-state index in [1.165, 1.54) is 115 Å². The largest absolute Gasteiger partial charge is 0.310 e. The first-order chi connectivity index (χ1) is 28.1. The summed E-state index contributed by atoms with van der Waals surface area (Å²) in [6, 6.07) is 72.4. The van der Waals surface area contributed by atoms with Gasteiger partial charge in [-0.1, -0.05) is 175 Å². The summed E-state index contributed by atoms with van der Waals surface area (Å²) >= 11 is 0. The van der Waals surface area contributed by atoms with Crippen molar-refractivity contribution in [2.24, 2.45) is 0 Å². The van der Waals surface area contributed by atoms with Crippen LogP contribution in [0.5, 0.6) is 0 Å². The first kappa shape index (κ1) is 31.5. The summed E-state index contributed by atoms with van der Waals surface area (Å²) in [7, 11) is -2.68. The molecule has 0 amide bonds. The highest BCUT2D eigenvalue weighted by Gasteiger charge is 2.55. The summed E-state index contributed by atoms with van der Waals surface area (Å²) in [5.41, 5.74) is 19.4. The number of nitrogens with zero attached hydrogens (tertiary/aromatic N) is 1. The number of hydrogen-bond donors (Lipinski definition) is 0. The highest BCUT2D eigenvalue weighted by molar-refractivity contribution is 7.24. The second-order valence-electron chi connectivity index (χ2n) is 16.5. The van der Waals surface area contributed by atoms with Gasteiger partial charge in [0, 0.05) is 5.69 Å². The van der Waals surface area contributed by atoms with E-state index in [1.54, 1.807) is 0 Å². The molecular formula is C55H37NSi. The van der Waals surface area contributed by atoms with Crippen LogP contribution >= 0.6 is 0 Å². The van der Waals surface area contributed by atoms with E-state index < -0.39 is 13.5 Å². The van der Waals surface area contributed by atoms with Gasteiger partial charge in [-0.3, -0.25) is 0 Å². The zero-order valence-electron chi connectivity index (χ0n) is 31.8. The van der Waals surface area contributed by atoms with Gasteiger partial charge < -0.3 is 4.90 Å². The Morgan fingerprint density at radius 3 is 1.60 bits per heavy atom. The van der Waals surface area contributed by atoms with Crippen molar-refractivity contribution >= 4 is 56.7 Å². The average molecular weight is 740 g/mol. The molecule has 0 fully saturated rings. The highest BCUT2D eigenvalue weighted by Crippen LogP contribution is 2.64. The first-order valence-electron chi connectivity index (χ1n) is 20.2. The summed E-state index contributed by atoms with van der Waals surface area (Å²) in [5.74, 6) is 0. The zero-order chi connectivity index (χ0) is 37.6. The van der Waals surface area contributed by atoms with E-state index in [4.69, 9.17) is 0 Å². The quantitative estimate of drug-likeness (QED) is 0.152. The monoisotopic (exact) mass is 739 g/mol. The van der Waals surface area contributed by atoms with Crippen LogP contribution in [0.15, 0.2) is 188 Å². The van der Waals surface area contributed by atoms with Crippen LogP contribution in [-0.2, 0) is 5.41 Å². The second kappa shape index (κ2) is 11.0. The van der Waals surface area contributed by atoms with Crippen molar-refractivity contribution in [3.63, 3.8) is 0 Å². The van der Waals surface area contributed by atoms with Gasteiger partial charge in [0.15, 0.2) is 8.07 Å². The molecule has 0 aromatic heterocycles. The molecule has 57 heavy (non-hydrogen) atoms. The molecule has 0 N–H and O–H groups in total. The normalized spacial score (nSPS) is 15.1. The number of anilines is 3. The molecule has 2 heteroatoms. The van der Waals surface area contributed by atoms with Crippen LogP contribution in [0.2, 0.25) is 0 Å². The van der Waals surface area contributed by atoms with Crippen LogP contribution in [0.4, 0.5) is 17.1 Å². The third-order valence-electron chi connectivity index (χ3n) is 13.8. The van der Waals surface area contributed by atoms with Gasteiger partial charge in [0.1, 0.15) is 0 Å². The van der Waals surface area contributed by atoms with Crippen LogP contribution in [-0.4, -0.2) is 8.07 Å². The third kappa shape index (κ3) is 3.71. The molecule has 0 radical (unpaired) electrons. The highest BCUT2D eigenvalue weighted by atomic mass is 28.3. The van der Waals surface area contributed by atoms with Crippen LogP contribution in [0.3, 0.4) is 0 Å². The van der Waals surface area contributed by atoms with Crippen molar-refractivity contribution < 1.29 is 0 Å². The lowest BCUT2D eigenvalue weighted by molar-refractivity contribution is 0.759. The third-order valence-corrected chi connectivity index (χ3v) is 18.7. The van der Waals surface area contributed by atoms with Gasteiger partial charge in [-0.2, -0.15) is 0 Å². The van der Waals surface area contributed by atoms with E-state index in [0.717, 1.165) is 0 Å². The zero-order valence-corrected chi connectivity index (χ0v) is 32.8. The first-order valence-corrected chi connectivity index (χ1v) is 22.2. The van der Waals surface area contributed by atoms with Gasteiger partial charge in [0.05, 0.1) is 16.8 Å². The Kier molecular flexibility index (Phi) is 6.05. The summed E-state index contributed by atoms with van der Waals surface area (Å²) in [5, 5.41) is 8.65. The molecule has 4 aliphatic rings. The second-order valence-corrected chi connectivity index (χ2v) is 20.2. The van der Waals surface area contributed by atoms with Crippen LogP contribution in [0.1, 0.15) is 33.4 Å². The number of hydrogen-bond acceptors (Lipinski definition) is 1. The minimum atomic E-state index is -2.68. The van der Waals surface area contributed by atoms with Gasteiger partial charge in [-0.15, -0.1) is 0 Å². The van der Waals surface area contributed by atoms with Crippen LogP contribution in [0, 0.1) is 13.8 Å². The molecule has 3 heterocycles. The predicted octanol–water partition coefficient (Wildman–Crippen LogP) is 10.9. The fraction of sp³-hybridized carbons (Fsp3) is 0.0545. The molecule has 1 aliphatic carbocycles. The van der Waals surface area contributed by atoms with E-state index in [9.17, 15) is 0 Å². The average Bonchev–Trinajstić information content (AvgIpc) is 3.83. The Morgan fingerprint density at radius 2 is 0.895 bits per heavy atom. The molecule has 266 valence electrons. The summed E-state index contributed by atoms with van der Waals surface area (Å²) in [6.07, 6.45) is 0. The summed E-state index contributed by atoms with van der Waals surface area (Å²) < 4.78 is 0. The maximum Gasteiger partial charge on any atom is 0.182 e. The number of para-hydroxylation sites is 2. The van der Waals surface area contributed by atoms with E-state index >= 15 is 0 Å². The Balaban J connectivity index is 1.12. The van der Waals surface area contributed by atoms with Crippen LogP contribution < -0.4 is 25.6 Å².